The lowest BCUT2D eigenvalue weighted by Gasteiger charge is -2.31. The van der Waals surface area contributed by atoms with Crippen molar-refractivity contribution in [2.24, 2.45) is 4.52 Å². The zero-order chi connectivity index (χ0) is 16.6. The monoisotopic (exact) mass is 340 g/mol. The Hall–Kier alpha value is -1.38. The molecule has 0 spiro atoms. The largest absolute Gasteiger partial charge is 0.350 e. The summed E-state index contributed by atoms with van der Waals surface area (Å²) in [7, 11) is -0.605. The molecule has 1 aromatic rings. The van der Waals surface area contributed by atoms with Gasteiger partial charge >= 0.3 is 0 Å². The van der Waals surface area contributed by atoms with Crippen LogP contribution in [0.4, 0.5) is 0 Å². The minimum Gasteiger partial charge on any atom is -0.350 e. The van der Waals surface area contributed by atoms with E-state index in [1.807, 2.05) is 13.8 Å². The normalized spacial score (nSPS) is 12.0. The zero-order valence-electron chi connectivity index (χ0n) is 12.5. The van der Waals surface area contributed by atoms with Gasteiger partial charge in [-0.15, -0.1) is 0 Å². The number of nitrogens with zero attached hydrogens (tertiary/aromatic N) is 3. The van der Waals surface area contributed by atoms with Gasteiger partial charge in [0.15, 0.2) is 5.41 Å². The van der Waals surface area contributed by atoms with Gasteiger partial charge in [-0.05, 0) is 30.5 Å². The predicted molar refractivity (Wildman–Crippen MR) is 82.7 cm³/mol. The number of benzene rings is 1. The van der Waals surface area contributed by atoms with Crippen molar-refractivity contribution in [2.75, 3.05) is 13.2 Å². The van der Waals surface area contributed by atoms with Crippen molar-refractivity contribution < 1.29 is 17.9 Å². The van der Waals surface area contributed by atoms with E-state index in [1.54, 1.807) is 6.07 Å². The number of sulfonamides is 1. The van der Waals surface area contributed by atoms with Gasteiger partial charge in [0.25, 0.3) is 10.0 Å². The van der Waals surface area contributed by atoms with Gasteiger partial charge in [-0.2, -0.15) is 0 Å². The van der Waals surface area contributed by atoms with Crippen LogP contribution in [0.15, 0.2) is 33.7 Å². The van der Waals surface area contributed by atoms with E-state index < -0.39 is 15.4 Å². The van der Waals surface area contributed by atoms with E-state index in [-0.39, 0.29) is 4.90 Å². The highest BCUT2D eigenvalue weighted by Gasteiger charge is 2.29. The molecule has 22 heavy (non-hydrogen) atoms. The molecule has 0 fully saturated rings. The smallest absolute Gasteiger partial charge is 0.264 e. The Morgan fingerprint density at radius 3 is 2.36 bits per heavy atom. The van der Waals surface area contributed by atoms with Gasteiger partial charge < -0.3 is 9.47 Å². The summed E-state index contributed by atoms with van der Waals surface area (Å²) < 4.78 is 37.8. The van der Waals surface area contributed by atoms with Crippen molar-refractivity contribution in [1.29, 1.82) is 0 Å². The van der Waals surface area contributed by atoms with Gasteiger partial charge in [-0.1, -0.05) is 26.0 Å². The fourth-order valence-electron chi connectivity index (χ4n) is 1.66. The van der Waals surface area contributed by atoms with Crippen molar-refractivity contribution in [3.05, 3.63) is 40.3 Å². The first-order valence-corrected chi connectivity index (χ1v) is 8.78. The van der Waals surface area contributed by atoms with E-state index in [0.29, 0.717) is 18.8 Å². The van der Waals surface area contributed by atoms with E-state index in [4.69, 9.17) is 15.0 Å². The van der Waals surface area contributed by atoms with E-state index in [9.17, 15) is 8.42 Å². The Balaban J connectivity index is 3.23. The van der Waals surface area contributed by atoms with Crippen molar-refractivity contribution in [3.8, 4) is 0 Å². The maximum absolute atomic E-state index is 11.8. The van der Waals surface area contributed by atoms with Crippen LogP contribution in [-0.4, -0.2) is 31.9 Å². The Kier molecular flexibility index (Phi) is 7.04. The predicted octanol–water partition coefficient (Wildman–Crippen LogP) is 2.82. The number of azide groups is 1. The number of hydrogen-bond donors (Lipinski definition) is 0. The standard InChI is InChI=1S/C13H18N3O4SSi/c1-3-8-19-13(22,20-9-4-2)11-6-5-7-12(10-11)21(17,18)16-15-14/h5-7,10H,3-4,8-9H2,1-2H3. The lowest BCUT2D eigenvalue weighted by molar-refractivity contribution is -0.186. The molecular weight excluding hydrogens is 322 g/mol. The van der Waals surface area contributed by atoms with Crippen LogP contribution < -0.4 is 0 Å². The van der Waals surface area contributed by atoms with Gasteiger partial charge in [-0.25, -0.2) is 8.42 Å². The van der Waals surface area contributed by atoms with Gasteiger partial charge in [0.05, 0.1) is 4.90 Å². The highest BCUT2D eigenvalue weighted by atomic mass is 32.2. The summed E-state index contributed by atoms with van der Waals surface area (Å²) in [6.45, 7) is 4.77. The number of ether oxygens (including phenoxy) is 2. The summed E-state index contributed by atoms with van der Waals surface area (Å²) in [6.07, 6.45) is 1.55. The van der Waals surface area contributed by atoms with Gasteiger partial charge in [0.1, 0.15) is 10.2 Å². The summed E-state index contributed by atoms with van der Waals surface area (Å²) in [4.78, 5) is 2.22. The van der Waals surface area contributed by atoms with Gasteiger partial charge in [0.2, 0.25) is 0 Å². The minimum atomic E-state index is -4.06. The minimum absolute atomic E-state index is 0.120. The Labute approximate surface area is 133 Å². The maximum atomic E-state index is 11.8. The fourth-order valence-corrected chi connectivity index (χ4v) is 2.73. The van der Waals surface area contributed by atoms with E-state index in [0.717, 1.165) is 12.8 Å². The summed E-state index contributed by atoms with van der Waals surface area (Å²) in [5, 5.41) is 0. The third kappa shape index (κ3) is 4.82. The molecule has 0 amide bonds. The molecule has 0 saturated heterocycles. The van der Waals surface area contributed by atoms with Crippen LogP contribution in [0, 0.1) is 0 Å². The average Bonchev–Trinajstić information content (AvgIpc) is 2.51. The number of hydrogen-bond acceptors (Lipinski definition) is 4. The zero-order valence-corrected chi connectivity index (χ0v) is 14.3. The summed E-state index contributed by atoms with van der Waals surface area (Å²) in [5.74, 6) is 0. The molecule has 0 unspecified atom stereocenters. The molecule has 9 heteroatoms. The third-order valence-corrected chi connectivity index (χ3v) is 4.39. The number of rotatable bonds is 9. The van der Waals surface area contributed by atoms with Crippen LogP contribution in [0.3, 0.4) is 0 Å². The maximum Gasteiger partial charge on any atom is 0.264 e. The molecular formula is C13H18N3O4SSi. The quantitative estimate of drug-likeness (QED) is 0.227. The van der Waals surface area contributed by atoms with Crippen molar-refractivity contribution >= 4 is 20.3 Å². The lowest BCUT2D eigenvalue weighted by Crippen LogP contribution is -2.34. The molecule has 119 valence electrons. The van der Waals surface area contributed by atoms with Crippen LogP contribution >= 0.6 is 0 Å². The second-order valence-electron chi connectivity index (χ2n) is 4.49. The van der Waals surface area contributed by atoms with Crippen molar-refractivity contribution in [3.63, 3.8) is 0 Å². The third-order valence-electron chi connectivity index (χ3n) is 2.67. The van der Waals surface area contributed by atoms with Crippen molar-refractivity contribution in [1.82, 2.24) is 0 Å². The highest BCUT2D eigenvalue weighted by Crippen LogP contribution is 2.27. The molecule has 0 saturated carbocycles. The Bertz CT molecular complexity index is 636. The molecule has 0 atom stereocenters. The Morgan fingerprint density at radius 1 is 1.27 bits per heavy atom. The van der Waals surface area contributed by atoms with Crippen LogP contribution in [0.2, 0.25) is 0 Å². The van der Waals surface area contributed by atoms with E-state index in [1.165, 1.54) is 18.2 Å². The summed E-state index contributed by atoms with van der Waals surface area (Å²) in [5.41, 5.74) is 7.58. The molecule has 0 aliphatic carbocycles. The lowest BCUT2D eigenvalue weighted by atomic mass is 10.2. The molecule has 0 aromatic heterocycles. The van der Waals surface area contributed by atoms with Crippen LogP contribution in [-0.2, 0) is 24.9 Å². The summed E-state index contributed by atoms with van der Waals surface area (Å²) in [6, 6.07) is 5.92. The molecule has 0 aliphatic heterocycles. The first-order chi connectivity index (χ1) is 10.4. The molecule has 1 rings (SSSR count). The molecule has 0 aliphatic rings. The average molecular weight is 340 g/mol. The van der Waals surface area contributed by atoms with E-state index >= 15 is 0 Å². The summed E-state index contributed by atoms with van der Waals surface area (Å²) >= 11 is 0. The Morgan fingerprint density at radius 2 is 1.86 bits per heavy atom. The SMILES string of the molecule is CCCOC([Si])(OCCC)c1cccc(S(=O)(=O)N=[N+]=[N-])c1. The highest BCUT2D eigenvalue weighted by molar-refractivity contribution is 7.90. The van der Waals surface area contributed by atoms with Crippen molar-refractivity contribution in [2.45, 2.75) is 37.0 Å². The first-order valence-electron chi connectivity index (χ1n) is 6.84. The van der Waals surface area contributed by atoms with Crippen LogP contribution in [0.1, 0.15) is 32.3 Å². The molecule has 0 heterocycles. The molecule has 0 bridgehead atoms. The first kappa shape index (κ1) is 18.7. The molecule has 3 radical (unpaired) electrons. The topological polar surface area (TPSA) is 101 Å². The van der Waals surface area contributed by atoms with E-state index in [2.05, 4.69) is 19.7 Å². The molecule has 7 nitrogen and oxygen atoms in total. The van der Waals surface area contributed by atoms with Crippen LogP contribution in [0.5, 0.6) is 0 Å². The second-order valence-corrected chi connectivity index (χ2v) is 6.73. The molecule has 0 N–H and O–H groups in total. The fraction of sp³-hybridized carbons (Fsp3) is 0.538. The van der Waals surface area contributed by atoms with Gasteiger partial charge in [-0.3, -0.25) is 0 Å². The van der Waals surface area contributed by atoms with Gasteiger partial charge in [0, 0.05) is 28.2 Å². The molecule has 1 aromatic carbocycles. The second kappa shape index (κ2) is 8.30. The van der Waals surface area contributed by atoms with Crippen LogP contribution in [0.25, 0.3) is 10.4 Å².